The molecular formula is C20H21ClN2O4S2. The Hall–Kier alpha value is -1.77. The molecular weight excluding hydrogens is 432 g/mol. The van der Waals surface area contributed by atoms with E-state index < -0.39 is 15.8 Å². The first-order chi connectivity index (χ1) is 13.8. The van der Waals surface area contributed by atoms with Crippen LogP contribution in [0.2, 0.25) is 5.02 Å². The van der Waals surface area contributed by atoms with Gasteiger partial charge in [-0.25, -0.2) is 13.4 Å². The lowest BCUT2D eigenvalue weighted by Crippen LogP contribution is -2.45. The highest BCUT2D eigenvalue weighted by molar-refractivity contribution is 7.99. The summed E-state index contributed by atoms with van der Waals surface area (Å²) in [5.74, 6) is -0.244. The minimum Gasteiger partial charge on any atom is -0.481 e. The fourth-order valence-electron chi connectivity index (χ4n) is 4.43. The number of piperidine rings is 1. The molecule has 1 aromatic carbocycles. The lowest BCUT2D eigenvalue weighted by atomic mass is 9.85. The van der Waals surface area contributed by atoms with Gasteiger partial charge in [0.15, 0.2) is 9.84 Å². The van der Waals surface area contributed by atoms with E-state index in [4.69, 9.17) is 11.6 Å². The number of pyridine rings is 1. The molecule has 1 N–H and O–H groups in total. The molecule has 0 spiro atoms. The maximum atomic E-state index is 12.5. The molecule has 2 aromatic rings. The second kappa shape index (κ2) is 7.81. The second-order valence-corrected chi connectivity index (χ2v) is 11.1. The van der Waals surface area contributed by atoms with Gasteiger partial charge in [0.05, 0.1) is 22.6 Å². The molecule has 3 heterocycles. The number of rotatable bonds is 5. The molecule has 1 fully saturated rings. The van der Waals surface area contributed by atoms with Crippen molar-refractivity contribution in [3.8, 4) is 0 Å². The molecule has 2 aliphatic rings. The number of fused-ring (bicyclic) bond motifs is 3. The Morgan fingerprint density at radius 3 is 2.69 bits per heavy atom. The molecule has 0 aliphatic carbocycles. The average Bonchev–Trinajstić information content (AvgIpc) is 2.97. The van der Waals surface area contributed by atoms with Gasteiger partial charge in [-0.05, 0) is 49.1 Å². The van der Waals surface area contributed by atoms with E-state index in [-0.39, 0.29) is 28.5 Å². The number of anilines is 1. The van der Waals surface area contributed by atoms with Gasteiger partial charge in [-0.3, -0.25) is 4.79 Å². The van der Waals surface area contributed by atoms with Crippen molar-refractivity contribution in [2.24, 2.45) is 5.92 Å². The van der Waals surface area contributed by atoms with Crippen LogP contribution in [0.15, 0.2) is 46.3 Å². The fourth-order valence-corrected chi connectivity index (χ4v) is 7.00. The molecule has 154 valence electrons. The number of nitrogens with zero attached hydrogens (tertiary/aromatic N) is 2. The van der Waals surface area contributed by atoms with Crippen LogP contribution in [0.5, 0.6) is 0 Å². The van der Waals surface area contributed by atoms with Crippen molar-refractivity contribution in [3.63, 3.8) is 0 Å². The van der Waals surface area contributed by atoms with E-state index in [0.29, 0.717) is 16.4 Å². The van der Waals surface area contributed by atoms with Crippen molar-refractivity contribution >= 4 is 45.0 Å². The fraction of sp³-hybridized carbons (Fsp3) is 0.400. The van der Waals surface area contributed by atoms with Gasteiger partial charge < -0.3 is 10.0 Å². The van der Waals surface area contributed by atoms with Crippen molar-refractivity contribution < 1.29 is 18.3 Å². The van der Waals surface area contributed by atoms with Crippen LogP contribution in [-0.4, -0.2) is 43.3 Å². The molecule has 9 heteroatoms. The van der Waals surface area contributed by atoms with E-state index in [1.165, 1.54) is 12.5 Å². The van der Waals surface area contributed by atoms with Gasteiger partial charge in [0.25, 0.3) is 0 Å². The Kier molecular flexibility index (Phi) is 5.52. The SMILES string of the molecule is CS(=O)(=O)c1ccnc2c1C(Sc1ccc(Cl)cc1)C1C(CC(=O)O)CCCN21. The largest absolute Gasteiger partial charge is 0.481 e. The summed E-state index contributed by atoms with van der Waals surface area (Å²) >= 11 is 7.57. The van der Waals surface area contributed by atoms with Crippen LogP contribution in [0.25, 0.3) is 0 Å². The van der Waals surface area contributed by atoms with E-state index in [2.05, 4.69) is 9.88 Å². The smallest absolute Gasteiger partial charge is 0.303 e. The molecule has 2 aliphatic heterocycles. The van der Waals surface area contributed by atoms with Gasteiger partial charge in [-0.1, -0.05) is 11.6 Å². The van der Waals surface area contributed by atoms with Gasteiger partial charge in [-0.15, -0.1) is 11.8 Å². The maximum absolute atomic E-state index is 12.5. The summed E-state index contributed by atoms with van der Waals surface area (Å²) in [7, 11) is -3.46. The normalized spacial score (nSPS) is 23.5. The van der Waals surface area contributed by atoms with Crippen LogP contribution < -0.4 is 4.90 Å². The summed E-state index contributed by atoms with van der Waals surface area (Å²) in [6.07, 6.45) is 4.45. The van der Waals surface area contributed by atoms with E-state index in [0.717, 1.165) is 24.3 Å². The first-order valence-electron chi connectivity index (χ1n) is 9.35. The highest BCUT2D eigenvalue weighted by atomic mass is 35.5. The summed E-state index contributed by atoms with van der Waals surface area (Å²) in [4.78, 5) is 19.4. The molecule has 0 amide bonds. The predicted molar refractivity (Wildman–Crippen MR) is 114 cm³/mol. The monoisotopic (exact) mass is 452 g/mol. The number of halogens is 1. The lowest BCUT2D eigenvalue weighted by molar-refractivity contribution is -0.138. The van der Waals surface area contributed by atoms with Crippen LogP contribution in [0.1, 0.15) is 30.1 Å². The predicted octanol–water partition coefficient (Wildman–Crippen LogP) is 4.05. The number of hydrogen-bond acceptors (Lipinski definition) is 6. The molecule has 6 nitrogen and oxygen atoms in total. The molecule has 0 bridgehead atoms. The van der Waals surface area contributed by atoms with Crippen molar-refractivity contribution in [3.05, 3.63) is 47.1 Å². The molecule has 29 heavy (non-hydrogen) atoms. The van der Waals surface area contributed by atoms with Crippen molar-refractivity contribution in [2.45, 2.75) is 40.3 Å². The Balaban J connectivity index is 1.84. The molecule has 0 saturated carbocycles. The van der Waals surface area contributed by atoms with Gasteiger partial charge >= 0.3 is 5.97 Å². The summed E-state index contributed by atoms with van der Waals surface area (Å²) in [6, 6.07) is 8.84. The van der Waals surface area contributed by atoms with Gasteiger partial charge in [0, 0.05) is 34.5 Å². The third-order valence-corrected chi connectivity index (χ3v) is 8.25. The van der Waals surface area contributed by atoms with Crippen molar-refractivity contribution in [1.29, 1.82) is 0 Å². The summed E-state index contributed by atoms with van der Waals surface area (Å²) < 4.78 is 25.1. The number of sulfone groups is 1. The first-order valence-corrected chi connectivity index (χ1v) is 12.5. The zero-order valence-electron chi connectivity index (χ0n) is 15.8. The van der Waals surface area contributed by atoms with Crippen LogP contribution >= 0.6 is 23.4 Å². The van der Waals surface area contributed by atoms with Crippen LogP contribution in [0, 0.1) is 5.92 Å². The quantitative estimate of drug-likeness (QED) is 0.732. The van der Waals surface area contributed by atoms with Gasteiger partial charge in [-0.2, -0.15) is 0 Å². The zero-order valence-corrected chi connectivity index (χ0v) is 18.2. The van der Waals surface area contributed by atoms with Crippen LogP contribution in [0.3, 0.4) is 0 Å². The third kappa shape index (κ3) is 3.98. The topological polar surface area (TPSA) is 87.6 Å². The van der Waals surface area contributed by atoms with Crippen molar-refractivity contribution in [2.75, 3.05) is 17.7 Å². The first kappa shape index (κ1) is 20.5. The number of carbonyl (C=O) groups is 1. The average molecular weight is 453 g/mol. The summed E-state index contributed by atoms with van der Waals surface area (Å²) in [5.41, 5.74) is 0.692. The number of carboxylic acids is 1. The standard InChI is InChI=1S/C20H21ClN2O4S2/c1-29(26,27)15-8-9-22-20-17(15)19(28-14-6-4-13(21)5-7-14)18-12(11-16(24)25)3-2-10-23(18)20/h4-9,12,18-19H,2-3,10-11H2,1H3,(H,24,25). The molecule has 3 atom stereocenters. The number of aliphatic carboxylic acids is 1. The zero-order chi connectivity index (χ0) is 20.8. The number of benzene rings is 1. The van der Waals surface area contributed by atoms with E-state index in [1.807, 2.05) is 12.1 Å². The number of carboxylic acid groups (broad SMARTS) is 1. The summed E-state index contributed by atoms with van der Waals surface area (Å²) in [6.45, 7) is 0.742. The van der Waals surface area contributed by atoms with E-state index >= 15 is 0 Å². The molecule has 3 unspecified atom stereocenters. The van der Waals surface area contributed by atoms with Crippen LogP contribution in [0.4, 0.5) is 5.82 Å². The van der Waals surface area contributed by atoms with E-state index in [9.17, 15) is 18.3 Å². The highest BCUT2D eigenvalue weighted by Crippen LogP contribution is 2.55. The molecule has 0 radical (unpaired) electrons. The maximum Gasteiger partial charge on any atom is 0.303 e. The Morgan fingerprint density at radius 1 is 1.31 bits per heavy atom. The summed E-state index contributed by atoms with van der Waals surface area (Å²) in [5, 5.41) is 9.84. The van der Waals surface area contributed by atoms with Gasteiger partial charge in [0.2, 0.25) is 0 Å². The highest BCUT2D eigenvalue weighted by Gasteiger charge is 2.48. The molecule has 4 rings (SSSR count). The minimum atomic E-state index is -3.46. The number of thioether (sulfide) groups is 1. The Labute approximate surface area is 179 Å². The number of hydrogen-bond donors (Lipinski definition) is 1. The Bertz CT molecular complexity index is 1040. The second-order valence-electron chi connectivity index (χ2n) is 7.50. The molecule has 1 saturated heterocycles. The Morgan fingerprint density at radius 2 is 2.03 bits per heavy atom. The van der Waals surface area contributed by atoms with E-state index in [1.54, 1.807) is 30.0 Å². The van der Waals surface area contributed by atoms with Crippen molar-refractivity contribution in [1.82, 2.24) is 4.98 Å². The minimum absolute atomic E-state index is 0.0566. The third-order valence-electron chi connectivity index (χ3n) is 5.53. The molecule has 1 aromatic heterocycles. The van der Waals surface area contributed by atoms with Gasteiger partial charge in [0.1, 0.15) is 5.82 Å². The lowest BCUT2D eigenvalue weighted by Gasteiger charge is -2.39. The van der Waals surface area contributed by atoms with Crippen LogP contribution in [-0.2, 0) is 14.6 Å². The number of aromatic nitrogens is 1.